The first-order valence-corrected chi connectivity index (χ1v) is 13.3. The molecule has 0 amide bonds. The lowest BCUT2D eigenvalue weighted by Gasteiger charge is -2.20. The Morgan fingerprint density at radius 2 is 1.08 bits per heavy atom. The number of carboxylic acids is 2. The van der Waals surface area contributed by atoms with Crippen LogP contribution in [0.15, 0.2) is 0 Å². The zero-order chi connectivity index (χ0) is 27.2. The summed E-state index contributed by atoms with van der Waals surface area (Å²) in [6.07, 6.45) is 13.6. The van der Waals surface area contributed by atoms with Crippen molar-refractivity contribution in [3.8, 4) is 0 Å². The van der Waals surface area contributed by atoms with Crippen LogP contribution in [0.25, 0.3) is 0 Å². The maximum absolute atomic E-state index is 11.8. The van der Waals surface area contributed by atoms with Crippen molar-refractivity contribution in [3.63, 3.8) is 0 Å². The summed E-state index contributed by atoms with van der Waals surface area (Å²) >= 11 is 0. The van der Waals surface area contributed by atoms with Gasteiger partial charge < -0.3 is 29.9 Å². The number of carboxylic acid groups (broad SMARTS) is 2. The summed E-state index contributed by atoms with van der Waals surface area (Å²) in [4.78, 5) is 45.2. The number of rotatable bonds is 24. The second-order valence-electron chi connectivity index (χ2n) is 9.45. The van der Waals surface area contributed by atoms with Crippen molar-refractivity contribution in [2.75, 3.05) is 13.2 Å². The summed E-state index contributed by atoms with van der Waals surface area (Å²) < 4.78 is 9.59. The Labute approximate surface area is 214 Å². The van der Waals surface area contributed by atoms with Gasteiger partial charge in [0.05, 0.1) is 12.8 Å². The van der Waals surface area contributed by atoms with Gasteiger partial charge in [0.15, 0.2) is 5.60 Å². The van der Waals surface area contributed by atoms with Crippen LogP contribution in [0.1, 0.15) is 116 Å². The summed E-state index contributed by atoms with van der Waals surface area (Å²) in [7, 11) is 0. The van der Waals surface area contributed by atoms with Gasteiger partial charge in [-0.15, -0.1) is 0 Å². The molecule has 2 atom stereocenters. The number of ether oxygens (including phenoxy) is 2. The van der Waals surface area contributed by atoms with E-state index in [0.717, 1.165) is 19.3 Å². The number of aliphatic carboxylic acids is 2. The van der Waals surface area contributed by atoms with Gasteiger partial charge in [0, 0.05) is 6.42 Å². The average Bonchev–Trinajstić information content (AvgIpc) is 2.81. The molecule has 0 aromatic rings. The first-order chi connectivity index (χ1) is 17.1. The highest BCUT2D eigenvalue weighted by Gasteiger charge is 2.41. The molecule has 0 aliphatic heterocycles. The van der Waals surface area contributed by atoms with Crippen LogP contribution >= 0.6 is 0 Å². The second kappa shape index (κ2) is 20.9. The number of aliphatic hydroxyl groups excluding tert-OH is 1. The Hall–Kier alpha value is -2.20. The summed E-state index contributed by atoms with van der Waals surface area (Å²) in [6.45, 7) is 1.24. The fourth-order valence-corrected chi connectivity index (χ4v) is 3.72. The van der Waals surface area contributed by atoms with Crippen LogP contribution in [0.2, 0.25) is 0 Å². The SMILES string of the molecule is CCCCCCCCCCCCCCCCC(=O)OCC(O)COC(=O)CC(O)(CC(=O)O)C(=O)O. The first-order valence-electron chi connectivity index (χ1n) is 13.3. The van der Waals surface area contributed by atoms with E-state index in [0.29, 0.717) is 6.42 Å². The van der Waals surface area contributed by atoms with Crippen LogP contribution in [0, 0.1) is 0 Å². The topological polar surface area (TPSA) is 168 Å². The predicted molar refractivity (Wildman–Crippen MR) is 132 cm³/mol. The normalized spacial score (nSPS) is 13.5. The molecule has 0 aliphatic rings. The Morgan fingerprint density at radius 3 is 1.50 bits per heavy atom. The summed E-state index contributed by atoms with van der Waals surface area (Å²) in [5, 5.41) is 37.1. The number of unbranched alkanes of at least 4 members (excludes halogenated alkanes) is 13. The first kappa shape index (κ1) is 33.8. The van der Waals surface area contributed by atoms with Crippen molar-refractivity contribution in [1.29, 1.82) is 0 Å². The van der Waals surface area contributed by atoms with E-state index in [2.05, 4.69) is 11.7 Å². The van der Waals surface area contributed by atoms with E-state index in [1.54, 1.807) is 0 Å². The molecule has 36 heavy (non-hydrogen) atoms. The lowest BCUT2D eigenvalue weighted by molar-refractivity contribution is -0.173. The average molecular weight is 519 g/mol. The zero-order valence-electron chi connectivity index (χ0n) is 21.8. The molecule has 2 unspecified atom stereocenters. The quantitative estimate of drug-likeness (QED) is 0.108. The fourth-order valence-electron chi connectivity index (χ4n) is 3.72. The van der Waals surface area contributed by atoms with Crippen LogP contribution in [0.4, 0.5) is 0 Å². The Kier molecular flexibility index (Phi) is 19.7. The number of carbonyl (C=O) groups is 4. The van der Waals surface area contributed by atoms with Gasteiger partial charge in [-0.25, -0.2) is 4.79 Å². The molecule has 0 aromatic carbocycles. The molecular formula is C26H46O10. The molecule has 0 spiro atoms. The molecule has 0 heterocycles. The number of aliphatic hydroxyl groups is 2. The Morgan fingerprint density at radius 1 is 0.667 bits per heavy atom. The van der Waals surface area contributed by atoms with E-state index < -0.39 is 61.6 Å². The van der Waals surface area contributed by atoms with Gasteiger partial charge in [-0.05, 0) is 6.42 Å². The zero-order valence-corrected chi connectivity index (χ0v) is 21.8. The van der Waals surface area contributed by atoms with Crippen molar-refractivity contribution in [3.05, 3.63) is 0 Å². The minimum atomic E-state index is -2.81. The van der Waals surface area contributed by atoms with Gasteiger partial charge in [0.1, 0.15) is 19.3 Å². The molecule has 0 saturated heterocycles. The van der Waals surface area contributed by atoms with Crippen LogP contribution in [0.5, 0.6) is 0 Å². The molecule has 10 nitrogen and oxygen atoms in total. The smallest absolute Gasteiger partial charge is 0.336 e. The van der Waals surface area contributed by atoms with E-state index in [1.807, 2.05) is 0 Å². The second-order valence-corrected chi connectivity index (χ2v) is 9.45. The van der Waals surface area contributed by atoms with Crippen molar-refractivity contribution < 1.29 is 49.1 Å². The minimum Gasteiger partial charge on any atom is -0.481 e. The van der Waals surface area contributed by atoms with Crippen molar-refractivity contribution in [1.82, 2.24) is 0 Å². The maximum Gasteiger partial charge on any atom is 0.336 e. The Balaban J connectivity index is 3.72. The van der Waals surface area contributed by atoms with Gasteiger partial charge in [0.25, 0.3) is 0 Å². The number of hydrogen-bond donors (Lipinski definition) is 4. The maximum atomic E-state index is 11.8. The van der Waals surface area contributed by atoms with Crippen LogP contribution in [-0.2, 0) is 28.7 Å². The monoisotopic (exact) mass is 518 g/mol. The number of carbonyl (C=O) groups excluding carboxylic acids is 2. The molecule has 10 heteroatoms. The van der Waals surface area contributed by atoms with Gasteiger partial charge in [0.2, 0.25) is 0 Å². The summed E-state index contributed by atoms with van der Waals surface area (Å²) in [5.41, 5.74) is -2.81. The molecule has 4 N–H and O–H groups in total. The van der Waals surface area contributed by atoms with Crippen molar-refractivity contribution in [2.45, 2.75) is 128 Å². The molecule has 0 radical (unpaired) electrons. The molecule has 0 aliphatic carbocycles. The molecule has 210 valence electrons. The van der Waals surface area contributed by atoms with Crippen molar-refractivity contribution in [2.24, 2.45) is 0 Å². The van der Waals surface area contributed by atoms with Crippen LogP contribution in [-0.4, -0.2) is 69.2 Å². The largest absolute Gasteiger partial charge is 0.481 e. The van der Waals surface area contributed by atoms with Crippen LogP contribution < -0.4 is 0 Å². The van der Waals surface area contributed by atoms with Crippen molar-refractivity contribution >= 4 is 23.9 Å². The van der Waals surface area contributed by atoms with Gasteiger partial charge in [-0.1, -0.05) is 90.4 Å². The lowest BCUT2D eigenvalue weighted by Crippen LogP contribution is -2.43. The Bertz CT molecular complexity index is 636. The van der Waals surface area contributed by atoms with E-state index >= 15 is 0 Å². The number of hydrogen-bond acceptors (Lipinski definition) is 8. The standard InChI is InChI=1S/C26H46O10/c1-2-3-4-5-6-7-8-9-10-11-12-13-14-15-16-23(30)35-19-21(27)20-36-24(31)18-26(34,25(32)33)17-22(28)29/h21,27,34H,2-20H2,1H3,(H,28,29)(H,32,33). The molecule has 0 saturated carbocycles. The van der Waals surface area contributed by atoms with E-state index in [9.17, 15) is 29.4 Å². The summed E-state index contributed by atoms with van der Waals surface area (Å²) in [6, 6.07) is 0. The highest BCUT2D eigenvalue weighted by atomic mass is 16.6. The van der Waals surface area contributed by atoms with E-state index in [-0.39, 0.29) is 6.42 Å². The third kappa shape index (κ3) is 19.0. The molecule has 0 rings (SSSR count). The number of esters is 2. The van der Waals surface area contributed by atoms with Crippen LogP contribution in [0.3, 0.4) is 0 Å². The third-order valence-electron chi connectivity index (χ3n) is 5.89. The highest BCUT2D eigenvalue weighted by molar-refractivity contribution is 5.88. The fraction of sp³-hybridized carbons (Fsp3) is 0.846. The molecule has 0 bridgehead atoms. The predicted octanol–water partition coefficient (Wildman–Crippen LogP) is 3.99. The van der Waals surface area contributed by atoms with Gasteiger partial charge in [-0.3, -0.25) is 14.4 Å². The minimum absolute atomic E-state index is 0.228. The van der Waals surface area contributed by atoms with E-state index in [1.165, 1.54) is 64.2 Å². The van der Waals surface area contributed by atoms with Gasteiger partial charge >= 0.3 is 23.9 Å². The van der Waals surface area contributed by atoms with E-state index in [4.69, 9.17) is 14.9 Å². The van der Waals surface area contributed by atoms with Gasteiger partial charge in [-0.2, -0.15) is 0 Å². The third-order valence-corrected chi connectivity index (χ3v) is 5.89. The highest BCUT2D eigenvalue weighted by Crippen LogP contribution is 2.17. The molecule has 0 fully saturated rings. The lowest BCUT2D eigenvalue weighted by atomic mass is 9.96. The molecular weight excluding hydrogens is 472 g/mol. The molecule has 0 aromatic heterocycles. The summed E-state index contributed by atoms with van der Waals surface area (Å²) in [5.74, 6) is -5.15.